The largest absolute Gasteiger partial charge is 0.368 e. The van der Waals surface area contributed by atoms with E-state index in [9.17, 15) is 8.78 Å². The van der Waals surface area contributed by atoms with Gasteiger partial charge in [-0.2, -0.15) is 0 Å². The lowest BCUT2D eigenvalue weighted by Gasteiger charge is -2.36. The van der Waals surface area contributed by atoms with Gasteiger partial charge in [0.25, 0.3) is 0 Å². The van der Waals surface area contributed by atoms with Crippen LogP contribution >= 0.6 is 0 Å². The Morgan fingerprint density at radius 1 is 0.821 bits per heavy atom. The number of piperazine rings is 1. The van der Waals surface area contributed by atoms with Gasteiger partial charge in [-0.05, 0) is 49.4 Å². The van der Waals surface area contributed by atoms with E-state index in [1.165, 1.54) is 24.3 Å². The van der Waals surface area contributed by atoms with Crippen LogP contribution in [0.25, 0.3) is 0 Å². The van der Waals surface area contributed by atoms with Crippen LogP contribution in [0, 0.1) is 18.6 Å². The maximum Gasteiger partial charge on any atom is 0.136 e. The average Bonchev–Trinajstić information content (AvgIpc) is 2.68. The maximum atomic E-state index is 13.4. The number of hydrogen-bond acceptors (Lipinski definition) is 5. The topological polar surface area (TPSA) is 44.3 Å². The van der Waals surface area contributed by atoms with Crippen molar-refractivity contribution in [2.24, 2.45) is 0 Å². The van der Waals surface area contributed by atoms with Gasteiger partial charge in [0.2, 0.25) is 0 Å². The molecule has 28 heavy (non-hydrogen) atoms. The third-order valence-corrected chi connectivity index (χ3v) is 4.72. The molecular weight excluding hydrogens is 360 g/mol. The first-order valence-electron chi connectivity index (χ1n) is 9.20. The van der Waals surface area contributed by atoms with Gasteiger partial charge in [-0.25, -0.2) is 18.7 Å². The minimum Gasteiger partial charge on any atom is -0.368 e. The molecule has 0 atom stereocenters. The Morgan fingerprint density at radius 2 is 1.54 bits per heavy atom. The van der Waals surface area contributed by atoms with Gasteiger partial charge in [0.15, 0.2) is 0 Å². The molecule has 0 unspecified atom stereocenters. The number of aromatic nitrogens is 2. The fourth-order valence-electron chi connectivity index (χ4n) is 3.34. The number of nitrogens with zero attached hydrogens (tertiary/aromatic N) is 4. The van der Waals surface area contributed by atoms with Crippen LogP contribution in [0.4, 0.5) is 31.8 Å². The Bertz CT molecular complexity index is 953. The summed E-state index contributed by atoms with van der Waals surface area (Å²) in [6.45, 7) is 5.08. The van der Waals surface area contributed by atoms with Gasteiger partial charge in [-0.3, -0.25) is 0 Å². The van der Waals surface area contributed by atoms with E-state index in [2.05, 4.69) is 25.1 Å². The van der Waals surface area contributed by atoms with Gasteiger partial charge in [0.1, 0.15) is 29.1 Å². The van der Waals surface area contributed by atoms with Crippen molar-refractivity contribution in [2.75, 3.05) is 41.3 Å². The summed E-state index contributed by atoms with van der Waals surface area (Å²) in [4.78, 5) is 13.4. The van der Waals surface area contributed by atoms with E-state index in [0.717, 1.165) is 37.7 Å². The van der Waals surface area contributed by atoms with E-state index in [1.807, 2.05) is 13.0 Å². The van der Waals surface area contributed by atoms with Crippen LogP contribution in [0.15, 0.2) is 54.6 Å². The molecule has 0 spiro atoms. The predicted molar refractivity (Wildman–Crippen MR) is 107 cm³/mol. The van der Waals surface area contributed by atoms with Crippen molar-refractivity contribution in [3.05, 3.63) is 72.1 Å². The van der Waals surface area contributed by atoms with Crippen LogP contribution in [-0.4, -0.2) is 36.1 Å². The van der Waals surface area contributed by atoms with E-state index >= 15 is 0 Å². The highest BCUT2D eigenvalue weighted by Gasteiger charge is 2.19. The Hall–Kier alpha value is -3.22. The molecule has 4 rings (SSSR count). The highest BCUT2D eigenvalue weighted by atomic mass is 19.1. The summed E-state index contributed by atoms with van der Waals surface area (Å²) < 4.78 is 26.5. The van der Waals surface area contributed by atoms with E-state index in [4.69, 9.17) is 0 Å². The number of halogens is 2. The number of aryl methyl sites for hydroxylation is 1. The van der Waals surface area contributed by atoms with Gasteiger partial charge in [0.05, 0.1) is 0 Å². The molecule has 144 valence electrons. The summed E-state index contributed by atoms with van der Waals surface area (Å²) in [6, 6.07) is 14.7. The lowest BCUT2D eigenvalue weighted by Crippen LogP contribution is -2.46. The predicted octanol–water partition coefficient (Wildman–Crippen LogP) is 4.13. The molecule has 0 saturated carbocycles. The van der Waals surface area contributed by atoms with Gasteiger partial charge in [-0.1, -0.05) is 6.07 Å². The molecule has 1 aromatic heterocycles. The maximum absolute atomic E-state index is 13.4. The summed E-state index contributed by atoms with van der Waals surface area (Å²) in [5.41, 5.74) is 1.67. The van der Waals surface area contributed by atoms with Crippen molar-refractivity contribution in [3.8, 4) is 0 Å². The van der Waals surface area contributed by atoms with Crippen molar-refractivity contribution in [1.29, 1.82) is 0 Å². The number of rotatable bonds is 4. The Balaban J connectivity index is 1.46. The number of hydrogen-bond donors (Lipinski definition) is 1. The second-order valence-corrected chi connectivity index (χ2v) is 6.74. The van der Waals surface area contributed by atoms with Crippen molar-refractivity contribution >= 4 is 23.0 Å². The summed E-state index contributed by atoms with van der Waals surface area (Å²) >= 11 is 0. The van der Waals surface area contributed by atoms with E-state index < -0.39 is 0 Å². The Kier molecular flexibility index (Phi) is 5.06. The van der Waals surface area contributed by atoms with Crippen LogP contribution in [0.1, 0.15) is 5.82 Å². The van der Waals surface area contributed by atoms with E-state index in [1.54, 1.807) is 24.3 Å². The second-order valence-electron chi connectivity index (χ2n) is 6.74. The zero-order valence-corrected chi connectivity index (χ0v) is 15.6. The fraction of sp³-hybridized carbons (Fsp3) is 0.238. The van der Waals surface area contributed by atoms with Crippen LogP contribution < -0.4 is 15.1 Å². The smallest absolute Gasteiger partial charge is 0.136 e. The second kappa shape index (κ2) is 7.80. The van der Waals surface area contributed by atoms with E-state index in [-0.39, 0.29) is 11.6 Å². The van der Waals surface area contributed by atoms with Crippen LogP contribution in [0.3, 0.4) is 0 Å². The number of anilines is 4. The third-order valence-electron chi connectivity index (χ3n) is 4.72. The van der Waals surface area contributed by atoms with E-state index in [0.29, 0.717) is 17.3 Å². The molecule has 0 amide bonds. The normalized spacial score (nSPS) is 14.2. The highest BCUT2D eigenvalue weighted by molar-refractivity contribution is 5.60. The lowest BCUT2D eigenvalue weighted by atomic mass is 10.2. The summed E-state index contributed by atoms with van der Waals surface area (Å²) in [5.74, 6) is 1.60. The molecule has 0 aliphatic carbocycles. The minimum absolute atomic E-state index is 0.225. The Labute approximate surface area is 162 Å². The summed E-state index contributed by atoms with van der Waals surface area (Å²) in [5, 5.41) is 3.14. The van der Waals surface area contributed by atoms with Crippen molar-refractivity contribution in [2.45, 2.75) is 6.92 Å². The molecule has 1 N–H and O–H groups in total. The average molecular weight is 381 g/mol. The van der Waals surface area contributed by atoms with Crippen molar-refractivity contribution < 1.29 is 8.78 Å². The fourth-order valence-corrected chi connectivity index (χ4v) is 3.34. The molecule has 0 radical (unpaired) electrons. The van der Waals surface area contributed by atoms with Crippen LogP contribution in [0.2, 0.25) is 0 Å². The molecular formula is C21H21F2N5. The molecule has 0 bridgehead atoms. The quantitative estimate of drug-likeness (QED) is 0.736. The van der Waals surface area contributed by atoms with Crippen LogP contribution in [-0.2, 0) is 0 Å². The molecule has 2 heterocycles. The summed E-state index contributed by atoms with van der Waals surface area (Å²) in [6.07, 6.45) is 0. The first-order chi connectivity index (χ1) is 13.6. The zero-order chi connectivity index (χ0) is 19.5. The Morgan fingerprint density at radius 3 is 2.25 bits per heavy atom. The molecule has 1 saturated heterocycles. The standard InChI is InChI=1S/C21H21F2N5/c1-15-24-20(26-18-4-2-3-17(23)13-18)14-21(25-15)28-11-9-27(10-12-28)19-7-5-16(22)6-8-19/h2-8,13-14H,9-12H2,1H3,(H,24,25,26). The molecule has 3 aromatic rings. The SMILES string of the molecule is Cc1nc(Nc2cccc(F)c2)cc(N2CCN(c3ccc(F)cc3)CC2)n1. The number of benzene rings is 2. The van der Waals surface area contributed by atoms with Crippen molar-refractivity contribution in [1.82, 2.24) is 9.97 Å². The van der Waals surface area contributed by atoms with Crippen molar-refractivity contribution in [3.63, 3.8) is 0 Å². The molecule has 1 aliphatic rings. The molecule has 2 aromatic carbocycles. The summed E-state index contributed by atoms with van der Waals surface area (Å²) in [7, 11) is 0. The molecule has 5 nitrogen and oxygen atoms in total. The van der Waals surface area contributed by atoms with Crippen LogP contribution in [0.5, 0.6) is 0 Å². The third kappa shape index (κ3) is 4.19. The monoisotopic (exact) mass is 381 g/mol. The molecule has 1 aliphatic heterocycles. The van der Waals surface area contributed by atoms with Gasteiger partial charge >= 0.3 is 0 Å². The van der Waals surface area contributed by atoms with Gasteiger partial charge in [0, 0.05) is 43.6 Å². The lowest BCUT2D eigenvalue weighted by molar-refractivity contribution is 0.624. The van der Waals surface area contributed by atoms with Gasteiger partial charge in [-0.15, -0.1) is 0 Å². The minimum atomic E-state index is -0.298. The first-order valence-corrected chi connectivity index (χ1v) is 9.20. The number of nitrogens with one attached hydrogen (secondary N) is 1. The molecule has 7 heteroatoms. The zero-order valence-electron chi connectivity index (χ0n) is 15.6. The molecule has 1 fully saturated rings. The first kappa shape index (κ1) is 18.2. The van der Waals surface area contributed by atoms with Gasteiger partial charge < -0.3 is 15.1 Å². The highest BCUT2D eigenvalue weighted by Crippen LogP contribution is 2.23.